The molecule has 0 aromatic heterocycles. The zero-order valence-electron chi connectivity index (χ0n) is 19.9. The molecule has 6 nitrogen and oxygen atoms in total. The lowest BCUT2D eigenvalue weighted by atomic mass is 10.1. The number of carboxylic acid groups (broad SMARTS) is 2. The molecule has 0 rings (SSSR count). The smallest absolute Gasteiger partial charge is 0.303 e. The highest BCUT2D eigenvalue weighted by Gasteiger charge is 1.96. The topological polar surface area (TPSA) is 115 Å². The van der Waals surface area contributed by atoms with Gasteiger partial charge >= 0.3 is 11.9 Å². The first-order valence-corrected chi connectivity index (χ1v) is 12.0. The van der Waals surface area contributed by atoms with E-state index in [1.54, 1.807) is 6.92 Å². The van der Waals surface area contributed by atoms with Gasteiger partial charge in [-0.2, -0.15) is 0 Å². The summed E-state index contributed by atoms with van der Waals surface area (Å²) >= 11 is 0. The predicted octanol–water partition coefficient (Wildman–Crippen LogP) is 6.17. The van der Waals surface area contributed by atoms with Crippen molar-refractivity contribution >= 4 is 11.9 Å². The van der Waals surface area contributed by atoms with E-state index in [4.69, 9.17) is 20.4 Å². The highest BCUT2D eigenvalue weighted by atomic mass is 16.4. The molecular weight excluding hydrogens is 384 g/mol. The molecule has 0 heterocycles. The number of aliphatic carboxylic acids is 2. The van der Waals surface area contributed by atoms with Crippen molar-refractivity contribution in [3.8, 4) is 0 Å². The number of aliphatic hydroxyl groups excluding tert-OH is 2. The second-order valence-corrected chi connectivity index (χ2v) is 7.89. The van der Waals surface area contributed by atoms with Crippen LogP contribution in [0.1, 0.15) is 130 Å². The maximum absolute atomic E-state index is 10.1. The average molecular weight is 435 g/mol. The molecule has 0 aliphatic rings. The predicted molar refractivity (Wildman–Crippen MR) is 124 cm³/mol. The second kappa shape index (κ2) is 30.1. The number of carboxylic acids is 2. The maximum atomic E-state index is 10.1. The van der Waals surface area contributed by atoms with E-state index in [0.717, 1.165) is 25.7 Å². The molecule has 0 aliphatic heterocycles. The standard InChI is InChI=1S/2C10H20O2.C4H10O2/c2*1-2-3-4-5-6-7-8-9-10(11)12;1-4(6)2-3-5/h2*2-9H2,1H3,(H,11,12);4-6H,2-3H2,1H3. The van der Waals surface area contributed by atoms with Crippen molar-refractivity contribution in [3.63, 3.8) is 0 Å². The van der Waals surface area contributed by atoms with Crippen molar-refractivity contribution in [3.05, 3.63) is 0 Å². The van der Waals surface area contributed by atoms with E-state index in [-0.39, 0.29) is 12.7 Å². The maximum Gasteiger partial charge on any atom is 0.303 e. The molecule has 0 amide bonds. The van der Waals surface area contributed by atoms with Gasteiger partial charge in [-0.3, -0.25) is 9.59 Å². The molecule has 0 fully saturated rings. The summed E-state index contributed by atoms with van der Waals surface area (Å²) in [5.74, 6) is -1.33. The fraction of sp³-hybridized carbons (Fsp3) is 0.917. The van der Waals surface area contributed by atoms with Crippen LogP contribution in [0.15, 0.2) is 0 Å². The lowest BCUT2D eigenvalue weighted by Gasteiger charge is -1.98. The minimum atomic E-state index is -0.663. The summed E-state index contributed by atoms with van der Waals surface area (Å²) in [6, 6.07) is 0. The van der Waals surface area contributed by atoms with Gasteiger partial charge < -0.3 is 20.4 Å². The summed E-state index contributed by atoms with van der Waals surface area (Å²) in [5.41, 5.74) is 0. The fourth-order valence-electron chi connectivity index (χ4n) is 2.65. The Labute approximate surface area is 185 Å². The van der Waals surface area contributed by atoms with Crippen LogP contribution in [0.4, 0.5) is 0 Å². The van der Waals surface area contributed by atoms with Crippen molar-refractivity contribution in [2.45, 2.75) is 136 Å². The molecule has 30 heavy (non-hydrogen) atoms. The van der Waals surface area contributed by atoms with Crippen molar-refractivity contribution in [1.82, 2.24) is 0 Å². The molecule has 182 valence electrons. The van der Waals surface area contributed by atoms with Crippen LogP contribution in [-0.4, -0.2) is 45.1 Å². The molecule has 0 aliphatic carbocycles. The Hall–Kier alpha value is -1.14. The van der Waals surface area contributed by atoms with Gasteiger partial charge in [-0.15, -0.1) is 0 Å². The Morgan fingerprint density at radius 3 is 1.13 bits per heavy atom. The number of carbonyl (C=O) groups is 2. The monoisotopic (exact) mass is 434 g/mol. The van der Waals surface area contributed by atoms with Gasteiger partial charge in [0.05, 0.1) is 6.10 Å². The van der Waals surface area contributed by atoms with E-state index in [9.17, 15) is 9.59 Å². The summed E-state index contributed by atoms with van der Waals surface area (Å²) in [4.78, 5) is 20.3. The Balaban J connectivity index is -0.000000386. The third-order valence-corrected chi connectivity index (χ3v) is 4.54. The van der Waals surface area contributed by atoms with Crippen molar-refractivity contribution in [1.29, 1.82) is 0 Å². The van der Waals surface area contributed by atoms with Crippen LogP contribution < -0.4 is 0 Å². The van der Waals surface area contributed by atoms with Crippen LogP contribution in [0.25, 0.3) is 0 Å². The minimum Gasteiger partial charge on any atom is -0.481 e. The Morgan fingerprint density at radius 1 is 0.633 bits per heavy atom. The number of hydrogen-bond acceptors (Lipinski definition) is 4. The summed E-state index contributed by atoms with van der Waals surface area (Å²) in [5, 5.41) is 33.2. The number of unbranched alkanes of at least 4 members (excludes halogenated alkanes) is 12. The molecule has 6 heteroatoms. The highest BCUT2D eigenvalue weighted by molar-refractivity contribution is 5.66. The number of hydrogen-bond donors (Lipinski definition) is 4. The zero-order valence-corrected chi connectivity index (χ0v) is 19.9. The van der Waals surface area contributed by atoms with Gasteiger partial charge in [0.15, 0.2) is 0 Å². The van der Waals surface area contributed by atoms with Crippen molar-refractivity contribution in [2.75, 3.05) is 6.61 Å². The fourth-order valence-corrected chi connectivity index (χ4v) is 2.65. The van der Waals surface area contributed by atoms with Gasteiger partial charge in [-0.25, -0.2) is 0 Å². The third kappa shape index (κ3) is 45.5. The van der Waals surface area contributed by atoms with Crippen molar-refractivity contribution in [2.24, 2.45) is 0 Å². The number of rotatable bonds is 18. The van der Waals surface area contributed by atoms with Gasteiger partial charge in [0.1, 0.15) is 0 Å². The summed E-state index contributed by atoms with van der Waals surface area (Å²) in [7, 11) is 0. The van der Waals surface area contributed by atoms with Gasteiger partial charge in [0.25, 0.3) is 0 Å². The second-order valence-electron chi connectivity index (χ2n) is 7.89. The van der Waals surface area contributed by atoms with Crippen LogP contribution in [0.3, 0.4) is 0 Å². The molecule has 0 spiro atoms. The Kier molecular flexibility index (Phi) is 33.6. The van der Waals surface area contributed by atoms with Gasteiger partial charge in [-0.05, 0) is 26.2 Å². The largest absolute Gasteiger partial charge is 0.481 e. The molecule has 0 aromatic carbocycles. The molecule has 0 saturated carbocycles. The first-order chi connectivity index (χ1) is 14.3. The summed E-state index contributed by atoms with van der Waals surface area (Å²) in [6.07, 6.45) is 17.4. The Morgan fingerprint density at radius 2 is 0.933 bits per heavy atom. The van der Waals surface area contributed by atoms with E-state index < -0.39 is 11.9 Å². The first-order valence-electron chi connectivity index (χ1n) is 12.0. The minimum absolute atomic E-state index is 0.0810. The lowest BCUT2D eigenvalue weighted by Crippen LogP contribution is -2.00. The van der Waals surface area contributed by atoms with E-state index in [2.05, 4.69) is 13.8 Å². The normalized spacial score (nSPS) is 11.0. The molecular formula is C24H50O6. The molecule has 0 radical (unpaired) electrons. The van der Waals surface area contributed by atoms with Crippen LogP contribution >= 0.6 is 0 Å². The summed E-state index contributed by atoms with van der Waals surface area (Å²) in [6.45, 7) is 6.13. The molecule has 1 unspecified atom stereocenters. The average Bonchev–Trinajstić information content (AvgIpc) is 2.67. The summed E-state index contributed by atoms with van der Waals surface area (Å²) < 4.78 is 0. The van der Waals surface area contributed by atoms with Crippen LogP contribution in [0.5, 0.6) is 0 Å². The van der Waals surface area contributed by atoms with Gasteiger partial charge in [0, 0.05) is 19.4 Å². The van der Waals surface area contributed by atoms with Crippen molar-refractivity contribution < 1.29 is 30.0 Å². The quantitative estimate of drug-likeness (QED) is 0.192. The van der Waals surface area contributed by atoms with Gasteiger partial charge in [-0.1, -0.05) is 90.9 Å². The Bertz CT molecular complexity index is 317. The van der Waals surface area contributed by atoms with Crippen LogP contribution in [-0.2, 0) is 9.59 Å². The highest BCUT2D eigenvalue weighted by Crippen LogP contribution is 2.08. The zero-order chi connectivity index (χ0) is 23.5. The molecule has 0 aromatic rings. The van der Waals surface area contributed by atoms with E-state index in [1.807, 2.05) is 0 Å². The first kappa shape index (κ1) is 33.5. The van der Waals surface area contributed by atoms with Crippen LogP contribution in [0, 0.1) is 0 Å². The molecule has 4 N–H and O–H groups in total. The third-order valence-electron chi connectivity index (χ3n) is 4.54. The van der Waals surface area contributed by atoms with Crippen LogP contribution in [0.2, 0.25) is 0 Å². The van der Waals surface area contributed by atoms with E-state index in [0.29, 0.717) is 19.3 Å². The molecule has 1 atom stereocenters. The number of aliphatic hydroxyl groups is 2. The molecule has 0 bridgehead atoms. The van der Waals surface area contributed by atoms with E-state index in [1.165, 1.54) is 64.2 Å². The van der Waals surface area contributed by atoms with E-state index >= 15 is 0 Å². The van der Waals surface area contributed by atoms with Gasteiger partial charge in [0.2, 0.25) is 0 Å². The lowest BCUT2D eigenvalue weighted by molar-refractivity contribution is -0.138. The SMILES string of the molecule is CC(O)CCO.CCCCCCCCCC(=O)O.CCCCCCCCCC(=O)O. The molecule has 0 saturated heterocycles.